The van der Waals surface area contributed by atoms with Gasteiger partial charge in [-0.3, -0.25) is 9.59 Å². The van der Waals surface area contributed by atoms with Gasteiger partial charge in [-0.1, -0.05) is 0 Å². The van der Waals surface area contributed by atoms with Gasteiger partial charge < -0.3 is 19.4 Å². The fourth-order valence-electron chi connectivity index (χ4n) is 2.40. The zero-order valence-electron chi connectivity index (χ0n) is 11.0. The largest absolute Gasteiger partial charge is 0.442 e. The number of H-pyrrole nitrogens is 1. The lowest BCUT2D eigenvalue weighted by Crippen LogP contribution is -2.36. The molecule has 2 aromatic heterocycles. The van der Waals surface area contributed by atoms with Gasteiger partial charge in [0.05, 0.1) is 18.5 Å². The number of hydrogen-bond donors (Lipinski definition) is 2. The first-order valence-electron chi connectivity index (χ1n) is 6.52. The molecule has 0 aromatic carbocycles. The van der Waals surface area contributed by atoms with E-state index in [1.54, 1.807) is 11.8 Å². The third-order valence-corrected chi connectivity index (χ3v) is 3.47. The average molecular weight is 277 g/mol. The highest BCUT2D eigenvalue weighted by Gasteiger charge is 2.35. The Balaban J connectivity index is 2.11. The Bertz CT molecular complexity index is 714. The van der Waals surface area contributed by atoms with Gasteiger partial charge in [-0.2, -0.15) is 0 Å². The van der Waals surface area contributed by atoms with Crippen LogP contribution >= 0.6 is 0 Å². The summed E-state index contributed by atoms with van der Waals surface area (Å²) in [5, 5.41) is 9.28. The van der Waals surface area contributed by atoms with Crippen molar-refractivity contribution >= 4 is 17.0 Å². The van der Waals surface area contributed by atoms with E-state index in [9.17, 15) is 9.59 Å². The summed E-state index contributed by atoms with van der Waals surface area (Å²) in [5.74, 6) is 0.0917. The number of hydrogen-bond acceptors (Lipinski definition) is 5. The number of aromatic nitrogens is 2. The molecule has 0 spiro atoms. The van der Waals surface area contributed by atoms with Crippen LogP contribution < -0.4 is 5.56 Å². The van der Waals surface area contributed by atoms with Crippen LogP contribution in [0.3, 0.4) is 0 Å². The highest BCUT2D eigenvalue weighted by molar-refractivity contribution is 6.06. The van der Waals surface area contributed by atoms with E-state index in [0.717, 1.165) is 12.8 Å². The minimum Gasteiger partial charge on any atom is -0.442 e. The van der Waals surface area contributed by atoms with E-state index in [2.05, 4.69) is 9.97 Å². The van der Waals surface area contributed by atoms with Crippen molar-refractivity contribution in [1.82, 2.24) is 14.9 Å². The Morgan fingerprint density at radius 3 is 3.00 bits per heavy atom. The van der Waals surface area contributed by atoms with Crippen LogP contribution in [0.25, 0.3) is 11.1 Å². The van der Waals surface area contributed by atoms with Crippen LogP contribution in [-0.4, -0.2) is 45.1 Å². The van der Waals surface area contributed by atoms with E-state index in [1.165, 1.54) is 6.33 Å². The topological polar surface area (TPSA) is 99.4 Å². The standard InChI is InChI=1S/C13H15N3O4/c1-7-9(10-11(18)14-6-15-12(10)20-7)13(19)16(4-5-17)8-2-3-8/h6,8,17H,2-5H2,1H3,(H,14,15,18). The zero-order chi connectivity index (χ0) is 14.3. The fraction of sp³-hybridized carbons (Fsp3) is 0.462. The van der Waals surface area contributed by atoms with Crippen molar-refractivity contribution in [2.24, 2.45) is 0 Å². The quantitative estimate of drug-likeness (QED) is 0.843. The number of fused-ring (bicyclic) bond motifs is 1. The van der Waals surface area contributed by atoms with Gasteiger partial charge in [0.15, 0.2) is 0 Å². The van der Waals surface area contributed by atoms with Crippen molar-refractivity contribution in [3.63, 3.8) is 0 Å². The molecular formula is C13H15N3O4. The molecule has 106 valence electrons. The maximum Gasteiger partial charge on any atom is 0.262 e. The SMILES string of the molecule is Cc1oc2nc[nH]c(=O)c2c1C(=O)N(CCO)C1CC1. The number of aliphatic hydroxyl groups is 1. The van der Waals surface area contributed by atoms with Gasteiger partial charge in [0.2, 0.25) is 5.71 Å². The molecule has 0 aliphatic heterocycles. The maximum atomic E-state index is 12.6. The maximum absolute atomic E-state index is 12.6. The minimum atomic E-state index is -0.394. The summed E-state index contributed by atoms with van der Waals surface area (Å²) in [6, 6.07) is 0.148. The number of carbonyl (C=O) groups excluding carboxylic acids is 1. The highest BCUT2D eigenvalue weighted by atomic mass is 16.3. The Morgan fingerprint density at radius 1 is 1.60 bits per heavy atom. The van der Waals surface area contributed by atoms with Crippen LogP contribution in [-0.2, 0) is 0 Å². The summed E-state index contributed by atoms with van der Waals surface area (Å²) in [7, 11) is 0. The predicted octanol–water partition coefficient (Wildman–Crippen LogP) is 0.421. The van der Waals surface area contributed by atoms with Crippen molar-refractivity contribution in [3.05, 3.63) is 28.0 Å². The van der Waals surface area contributed by atoms with E-state index in [0.29, 0.717) is 5.76 Å². The van der Waals surface area contributed by atoms with Gasteiger partial charge in [0.1, 0.15) is 11.1 Å². The zero-order valence-corrected chi connectivity index (χ0v) is 11.0. The molecule has 7 heteroatoms. The number of rotatable bonds is 4. The molecule has 0 unspecified atom stereocenters. The van der Waals surface area contributed by atoms with E-state index in [-0.39, 0.29) is 41.8 Å². The van der Waals surface area contributed by atoms with Crippen LogP contribution in [0.5, 0.6) is 0 Å². The number of furan rings is 1. The number of nitrogens with one attached hydrogen (secondary N) is 1. The van der Waals surface area contributed by atoms with E-state index in [1.807, 2.05) is 0 Å². The van der Waals surface area contributed by atoms with Crippen molar-refractivity contribution in [3.8, 4) is 0 Å². The minimum absolute atomic E-state index is 0.105. The lowest BCUT2D eigenvalue weighted by atomic mass is 10.1. The number of aliphatic hydroxyl groups excluding tert-OH is 1. The fourth-order valence-corrected chi connectivity index (χ4v) is 2.40. The van der Waals surface area contributed by atoms with E-state index < -0.39 is 5.56 Å². The molecule has 0 bridgehead atoms. The average Bonchev–Trinajstić information content (AvgIpc) is 3.18. The second kappa shape index (κ2) is 4.75. The second-order valence-electron chi connectivity index (χ2n) is 4.90. The monoisotopic (exact) mass is 277 g/mol. The van der Waals surface area contributed by atoms with Gasteiger partial charge in [0.25, 0.3) is 11.5 Å². The van der Waals surface area contributed by atoms with Gasteiger partial charge >= 0.3 is 0 Å². The first kappa shape index (κ1) is 12.9. The smallest absolute Gasteiger partial charge is 0.262 e. The van der Waals surface area contributed by atoms with Crippen molar-refractivity contribution < 1.29 is 14.3 Å². The van der Waals surface area contributed by atoms with Crippen LogP contribution in [0, 0.1) is 6.92 Å². The molecule has 1 aliphatic rings. The number of aryl methyl sites for hydroxylation is 1. The molecule has 0 atom stereocenters. The van der Waals surface area contributed by atoms with Crippen LogP contribution in [0.2, 0.25) is 0 Å². The third kappa shape index (κ3) is 2.00. The normalized spacial score (nSPS) is 14.7. The Hall–Kier alpha value is -2.15. The van der Waals surface area contributed by atoms with Gasteiger partial charge in [0, 0.05) is 12.6 Å². The molecular weight excluding hydrogens is 262 g/mol. The third-order valence-electron chi connectivity index (χ3n) is 3.47. The number of carbonyl (C=O) groups is 1. The summed E-state index contributed by atoms with van der Waals surface area (Å²) in [6.07, 6.45) is 3.10. The number of amides is 1. The lowest BCUT2D eigenvalue weighted by molar-refractivity contribution is 0.0707. The van der Waals surface area contributed by atoms with Crippen molar-refractivity contribution in [2.75, 3.05) is 13.2 Å². The Kier molecular flexibility index (Phi) is 3.06. The molecule has 3 rings (SSSR count). The molecule has 1 amide bonds. The summed E-state index contributed by atoms with van der Waals surface area (Å²) < 4.78 is 5.39. The first-order chi connectivity index (χ1) is 9.63. The molecule has 2 aromatic rings. The van der Waals surface area contributed by atoms with E-state index in [4.69, 9.17) is 9.52 Å². The van der Waals surface area contributed by atoms with Gasteiger partial charge in [-0.05, 0) is 19.8 Å². The molecule has 0 saturated heterocycles. The van der Waals surface area contributed by atoms with Gasteiger partial charge in [-0.25, -0.2) is 4.98 Å². The molecule has 0 radical (unpaired) electrons. The van der Waals surface area contributed by atoms with Crippen LogP contribution in [0.1, 0.15) is 29.0 Å². The van der Waals surface area contributed by atoms with Gasteiger partial charge in [-0.15, -0.1) is 0 Å². The van der Waals surface area contributed by atoms with Crippen LogP contribution in [0.15, 0.2) is 15.5 Å². The summed E-state index contributed by atoms with van der Waals surface area (Å²) in [4.78, 5) is 32.5. The summed E-state index contributed by atoms with van der Waals surface area (Å²) in [5.41, 5.74) is 0.0130. The molecule has 1 aliphatic carbocycles. The highest BCUT2D eigenvalue weighted by Crippen LogP contribution is 2.30. The predicted molar refractivity (Wildman–Crippen MR) is 70.5 cm³/mol. The lowest BCUT2D eigenvalue weighted by Gasteiger charge is -2.20. The molecule has 2 N–H and O–H groups in total. The molecule has 1 saturated carbocycles. The van der Waals surface area contributed by atoms with Crippen molar-refractivity contribution in [2.45, 2.75) is 25.8 Å². The van der Waals surface area contributed by atoms with Crippen molar-refractivity contribution in [1.29, 1.82) is 0 Å². The number of nitrogens with zero attached hydrogens (tertiary/aromatic N) is 2. The summed E-state index contributed by atoms with van der Waals surface area (Å²) >= 11 is 0. The molecule has 7 nitrogen and oxygen atoms in total. The second-order valence-corrected chi connectivity index (χ2v) is 4.90. The molecule has 1 fully saturated rings. The molecule has 2 heterocycles. The molecule has 20 heavy (non-hydrogen) atoms. The van der Waals surface area contributed by atoms with Crippen LogP contribution in [0.4, 0.5) is 0 Å². The Morgan fingerprint density at radius 2 is 2.35 bits per heavy atom. The Labute approximate surface area is 114 Å². The first-order valence-corrected chi connectivity index (χ1v) is 6.52. The van der Waals surface area contributed by atoms with E-state index >= 15 is 0 Å². The summed E-state index contributed by atoms with van der Waals surface area (Å²) in [6.45, 7) is 1.79. The number of aromatic amines is 1.